The average molecular weight is 289 g/mol. The molecule has 108 valence electrons. The molecule has 1 aliphatic rings. The van der Waals surface area contributed by atoms with Crippen LogP contribution < -0.4 is 0 Å². The number of rotatable bonds is 0. The summed E-state index contributed by atoms with van der Waals surface area (Å²) < 4.78 is 1.86. The quantitative estimate of drug-likeness (QED) is 0.496. The van der Waals surface area contributed by atoms with Crippen molar-refractivity contribution in [1.82, 2.24) is 4.57 Å². The third-order valence-corrected chi connectivity index (χ3v) is 4.50. The van der Waals surface area contributed by atoms with E-state index in [0.29, 0.717) is 22.4 Å². The minimum absolute atomic E-state index is 0.0530. The van der Waals surface area contributed by atoms with Crippen LogP contribution in [0.15, 0.2) is 36.4 Å². The Kier molecular flexibility index (Phi) is 2.46. The number of aromatic nitrogens is 1. The third-order valence-electron chi connectivity index (χ3n) is 4.50. The van der Waals surface area contributed by atoms with Crippen molar-refractivity contribution in [3.63, 3.8) is 0 Å². The molecule has 3 nitrogen and oxygen atoms in total. The molecule has 4 rings (SSSR count). The van der Waals surface area contributed by atoms with E-state index in [4.69, 9.17) is 0 Å². The van der Waals surface area contributed by atoms with E-state index in [-0.39, 0.29) is 11.6 Å². The Morgan fingerprint density at radius 1 is 0.909 bits per heavy atom. The number of hydrogen-bond acceptors (Lipinski definition) is 2. The molecule has 0 spiro atoms. The van der Waals surface area contributed by atoms with Gasteiger partial charge in [0.15, 0.2) is 5.78 Å². The predicted molar refractivity (Wildman–Crippen MR) is 85.7 cm³/mol. The number of hydrogen-bond donors (Lipinski definition) is 0. The minimum Gasteiger partial charge on any atom is -0.340 e. The smallest absolute Gasteiger partial charge is 0.210 e. The number of carbonyl (C=O) groups excluding carboxylic acids is 2. The first-order valence-electron chi connectivity index (χ1n) is 7.28. The van der Waals surface area contributed by atoms with Gasteiger partial charge in [0.25, 0.3) is 0 Å². The van der Waals surface area contributed by atoms with Gasteiger partial charge in [-0.15, -0.1) is 0 Å². The van der Waals surface area contributed by atoms with Crippen LogP contribution in [0.4, 0.5) is 0 Å². The van der Waals surface area contributed by atoms with Crippen LogP contribution in [0.1, 0.15) is 43.1 Å². The predicted octanol–water partition coefficient (Wildman–Crippen LogP) is 3.57. The second kappa shape index (κ2) is 4.17. The molecular weight excluding hydrogens is 274 g/mol. The van der Waals surface area contributed by atoms with Crippen LogP contribution in [0, 0.1) is 13.8 Å². The van der Waals surface area contributed by atoms with Crippen LogP contribution in [0.25, 0.3) is 10.9 Å². The Hall–Kier alpha value is -2.68. The largest absolute Gasteiger partial charge is 0.340 e. The highest BCUT2D eigenvalue weighted by Gasteiger charge is 2.34. The van der Waals surface area contributed by atoms with E-state index in [2.05, 4.69) is 6.07 Å². The Morgan fingerprint density at radius 2 is 1.55 bits per heavy atom. The number of ketones is 2. The molecule has 0 atom stereocenters. The fourth-order valence-electron chi connectivity index (χ4n) is 3.57. The average Bonchev–Trinajstić information content (AvgIpc) is 2.79. The van der Waals surface area contributed by atoms with Gasteiger partial charge in [-0.25, -0.2) is 0 Å². The van der Waals surface area contributed by atoms with Gasteiger partial charge < -0.3 is 4.57 Å². The molecule has 0 bridgehead atoms. The molecule has 0 N–H and O–H groups in total. The SMILES string of the molecule is Cc1cc(C)c2c3c(n(C)c2c1)C(=O)c1ccccc1C3=O. The molecule has 2 aromatic carbocycles. The van der Waals surface area contributed by atoms with Gasteiger partial charge in [-0.1, -0.05) is 30.3 Å². The summed E-state index contributed by atoms with van der Waals surface area (Å²) >= 11 is 0. The van der Waals surface area contributed by atoms with E-state index in [9.17, 15) is 9.59 Å². The number of fused-ring (bicyclic) bond motifs is 4. The van der Waals surface area contributed by atoms with Crippen molar-refractivity contribution >= 4 is 22.5 Å². The van der Waals surface area contributed by atoms with E-state index in [1.165, 1.54) is 0 Å². The van der Waals surface area contributed by atoms with Crippen LogP contribution in [-0.2, 0) is 7.05 Å². The fourth-order valence-corrected chi connectivity index (χ4v) is 3.57. The first kappa shape index (κ1) is 13.0. The lowest BCUT2D eigenvalue weighted by atomic mass is 9.86. The maximum absolute atomic E-state index is 13.0. The van der Waals surface area contributed by atoms with Crippen LogP contribution in [0.5, 0.6) is 0 Å². The maximum Gasteiger partial charge on any atom is 0.210 e. The van der Waals surface area contributed by atoms with Crippen molar-refractivity contribution in [2.75, 3.05) is 0 Å². The summed E-state index contributed by atoms with van der Waals surface area (Å²) in [6.07, 6.45) is 0. The van der Waals surface area contributed by atoms with Crippen LogP contribution in [0.2, 0.25) is 0 Å². The lowest BCUT2D eigenvalue weighted by Crippen LogP contribution is -2.22. The van der Waals surface area contributed by atoms with Crippen molar-refractivity contribution in [3.8, 4) is 0 Å². The second-order valence-corrected chi connectivity index (χ2v) is 5.96. The maximum atomic E-state index is 13.0. The molecule has 0 unspecified atom stereocenters. The van der Waals surface area contributed by atoms with Gasteiger partial charge in [0.1, 0.15) is 5.69 Å². The highest BCUT2D eigenvalue weighted by atomic mass is 16.1. The van der Waals surface area contributed by atoms with Crippen molar-refractivity contribution in [1.29, 1.82) is 0 Å². The molecule has 0 aliphatic heterocycles. The molecule has 0 fully saturated rings. The zero-order valence-corrected chi connectivity index (χ0v) is 12.7. The molecule has 1 aliphatic carbocycles. The molecule has 0 saturated heterocycles. The summed E-state index contributed by atoms with van der Waals surface area (Å²) in [6.45, 7) is 4.02. The monoisotopic (exact) mass is 289 g/mol. The number of nitrogens with zero attached hydrogens (tertiary/aromatic N) is 1. The number of carbonyl (C=O) groups is 2. The van der Waals surface area contributed by atoms with Crippen molar-refractivity contribution in [2.24, 2.45) is 7.05 Å². The Bertz CT molecular complexity index is 992. The molecular formula is C19H15NO2. The van der Waals surface area contributed by atoms with Gasteiger partial charge in [-0.3, -0.25) is 9.59 Å². The first-order valence-corrected chi connectivity index (χ1v) is 7.28. The second-order valence-electron chi connectivity index (χ2n) is 5.96. The molecule has 1 aromatic heterocycles. The standard InChI is InChI=1S/C19H15NO2/c1-10-8-11(2)15-14(9-10)20(3)17-16(15)18(21)12-6-4-5-7-13(12)19(17)22/h4-9H,1-3H3. The Balaban J connectivity index is 2.20. The highest BCUT2D eigenvalue weighted by molar-refractivity contribution is 6.32. The number of aryl methyl sites for hydroxylation is 3. The Labute approximate surface area is 128 Å². The van der Waals surface area contributed by atoms with E-state index in [1.807, 2.05) is 31.5 Å². The van der Waals surface area contributed by atoms with Crippen LogP contribution in [-0.4, -0.2) is 16.1 Å². The van der Waals surface area contributed by atoms with Crippen molar-refractivity contribution in [3.05, 3.63) is 69.9 Å². The fraction of sp³-hybridized carbons (Fsp3) is 0.158. The lowest BCUT2D eigenvalue weighted by Gasteiger charge is -2.15. The molecule has 3 heteroatoms. The lowest BCUT2D eigenvalue weighted by molar-refractivity contribution is 0.0975. The van der Waals surface area contributed by atoms with E-state index < -0.39 is 0 Å². The van der Waals surface area contributed by atoms with E-state index >= 15 is 0 Å². The molecule has 0 amide bonds. The zero-order valence-electron chi connectivity index (χ0n) is 12.7. The summed E-state index contributed by atoms with van der Waals surface area (Å²) in [6, 6.07) is 11.2. The normalized spacial score (nSPS) is 13.4. The third kappa shape index (κ3) is 1.45. The van der Waals surface area contributed by atoms with Gasteiger partial charge in [0.05, 0.1) is 5.56 Å². The van der Waals surface area contributed by atoms with Crippen LogP contribution >= 0.6 is 0 Å². The van der Waals surface area contributed by atoms with E-state index in [1.54, 1.807) is 24.3 Å². The van der Waals surface area contributed by atoms with E-state index in [0.717, 1.165) is 22.0 Å². The van der Waals surface area contributed by atoms with Crippen molar-refractivity contribution in [2.45, 2.75) is 13.8 Å². The molecule has 0 radical (unpaired) electrons. The highest BCUT2D eigenvalue weighted by Crippen LogP contribution is 2.36. The summed E-state index contributed by atoms with van der Waals surface area (Å²) in [7, 11) is 1.86. The first-order chi connectivity index (χ1) is 10.5. The van der Waals surface area contributed by atoms with Crippen molar-refractivity contribution < 1.29 is 9.59 Å². The van der Waals surface area contributed by atoms with Gasteiger partial charge in [0.2, 0.25) is 5.78 Å². The van der Waals surface area contributed by atoms with Gasteiger partial charge >= 0.3 is 0 Å². The molecule has 3 aromatic rings. The molecule has 1 heterocycles. The Morgan fingerprint density at radius 3 is 2.23 bits per heavy atom. The zero-order chi connectivity index (χ0) is 15.6. The number of benzene rings is 2. The van der Waals surface area contributed by atoms with Gasteiger partial charge in [-0.05, 0) is 31.0 Å². The molecule has 22 heavy (non-hydrogen) atoms. The summed E-state index contributed by atoms with van der Waals surface area (Å²) in [4.78, 5) is 25.8. The summed E-state index contributed by atoms with van der Waals surface area (Å²) in [5.74, 6) is -0.122. The van der Waals surface area contributed by atoms with Gasteiger partial charge in [-0.2, -0.15) is 0 Å². The molecule has 0 saturated carbocycles. The summed E-state index contributed by atoms with van der Waals surface area (Å²) in [5, 5.41) is 0.899. The minimum atomic E-state index is -0.0686. The van der Waals surface area contributed by atoms with Gasteiger partial charge in [0, 0.05) is 29.1 Å². The summed E-state index contributed by atoms with van der Waals surface area (Å²) in [5.41, 5.74) is 5.17. The topological polar surface area (TPSA) is 39.1 Å². The van der Waals surface area contributed by atoms with Crippen LogP contribution in [0.3, 0.4) is 0 Å².